The molecule has 0 bridgehead atoms. The lowest BCUT2D eigenvalue weighted by Crippen LogP contribution is -2.15. The smallest absolute Gasteiger partial charge is 0.259 e. The Bertz CT molecular complexity index is 349. The number of para-hydroxylation sites is 1. The first-order valence-electron chi connectivity index (χ1n) is 3.59. The van der Waals surface area contributed by atoms with Crippen LogP contribution in [0.5, 0.6) is 5.75 Å². The van der Waals surface area contributed by atoms with Crippen molar-refractivity contribution in [3.8, 4) is 5.75 Å². The highest BCUT2D eigenvalue weighted by Crippen LogP contribution is 2.19. The second-order valence-corrected chi connectivity index (χ2v) is 2.39. The number of carbonyl (C=O) groups excluding carboxylic acids is 1. The summed E-state index contributed by atoms with van der Waals surface area (Å²) in [4.78, 5) is 11.3. The minimum absolute atomic E-state index is 0. The van der Waals surface area contributed by atoms with Gasteiger partial charge in [0.1, 0.15) is 12.0 Å². The highest BCUT2D eigenvalue weighted by Gasteiger charge is 2.11. The molecule has 1 amide bonds. The topological polar surface area (TPSA) is 38.3 Å². The number of nitrogens with one attached hydrogen (secondary N) is 1. The standard InChI is InChI=1S/C9H7NO2.ClH/c11-9-7-3-1-2-4-8(7)12-6-5-10-9;/h1-6H,(H,10,11);1H. The van der Waals surface area contributed by atoms with Gasteiger partial charge in [-0.1, -0.05) is 12.1 Å². The average Bonchev–Trinajstić information content (AvgIpc) is 2.29. The zero-order valence-electron chi connectivity index (χ0n) is 6.69. The molecule has 1 aromatic carbocycles. The van der Waals surface area contributed by atoms with E-state index in [2.05, 4.69) is 5.32 Å². The Morgan fingerprint density at radius 2 is 2.00 bits per heavy atom. The van der Waals surface area contributed by atoms with Crippen LogP contribution in [0.2, 0.25) is 0 Å². The molecular weight excluding hydrogens is 190 g/mol. The molecule has 0 aromatic heterocycles. The molecule has 2 rings (SSSR count). The van der Waals surface area contributed by atoms with Gasteiger partial charge in [-0.25, -0.2) is 0 Å². The van der Waals surface area contributed by atoms with E-state index in [4.69, 9.17) is 4.74 Å². The first kappa shape index (κ1) is 9.61. The van der Waals surface area contributed by atoms with Gasteiger partial charge in [-0.2, -0.15) is 0 Å². The van der Waals surface area contributed by atoms with Gasteiger partial charge in [0.25, 0.3) is 5.91 Å². The van der Waals surface area contributed by atoms with E-state index >= 15 is 0 Å². The number of rotatable bonds is 0. The van der Waals surface area contributed by atoms with Crippen LogP contribution >= 0.6 is 12.4 Å². The van der Waals surface area contributed by atoms with Crippen molar-refractivity contribution in [2.24, 2.45) is 0 Å². The van der Waals surface area contributed by atoms with E-state index < -0.39 is 0 Å². The lowest BCUT2D eigenvalue weighted by atomic mass is 10.2. The van der Waals surface area contributed by atoms with Gasteiger partial charge in [-0.3, -0.25) is 4.79 Å². The van der Waals surface area contributed by atoms with E-state index in [1.807, 2.05) is 6.07 Å². The zero-order chi connectivity index (χ0) is 8.39. The first-order valence-corrected chi connectivity index (χ1v) is 3.59. The van der Waals surface area contributed by atoms with Crippen LogP contribution in [0.15, 0.2) is 36.7 Å². The Kier molecular flexibility index (Phi) is 2.93. The zero-order valence-corrected chi connectivity index (χ0v) is 7.51. The normalized spacial score (nSPS) is 13.1. The van der Waals surface area contributed by atoms with Crippen LogP contribution in [0.1, 0.15) is 10.4 Å². The van der Waals surface area contributed by atoms with E-state index in [-0.39, 0.29) is 18.3 Å². The number of halogens is 1. The summed E-state index contributed by atoms with van der Waals surface area (Å²) in [6.07, 6.45) is 2.92. The minimum Gasteiger partial charge on any atom is -0.463 e. The van der Waals surface area contributed by atoms with E-state index in [0.29, 0.717) is 11.3 Å². The number of amides is 1. The molecule has 0 atom stereocenters. The summed E-state index contributed by atoms with van der Waals surface area (Å²) in [6, 6.07) is 7.10. The van der Waals surface area contributed by atoms with Crippen molar-refractivity contribution in [3.05, 3.63) is 42.3 Å². The molecule has 13 heavy (non-hydrogen) atoms. The number of hydrogen-bond donors (Lipinski definition) is 1. The number of hydrogen-bond acceptors (Lipinski definition) is 2. The second-order valence-electron chi connectivity index (χ2n) is 2.39. The maximum absolute atomic E-state index is 11.3. The molecule has 1 aliphatic heterocycles. The van der Waals surface area contributed by atoms with Crippen LogP contribution in [0.25, 0.3) is 0 Å². The van der Waals surface area contributed by atoms with Gasteiger partial charge in [-0.15, -0.1) is 12.4 Å². The van der Waals surface area contributed by atoms with Crippen LogP contribution in [-0.2, 0) is 0 Å². The second kappa shape index (κ2) is 3.96. The third kappa shape index (κ3) is 1.81. The fourth-order valence-corrected chi connectivity index (χ4v) is 1.05. The number of fused-ring (bicyclic) bond motifs is 1. The van der Waals surface area contributed by atoms with Crippen LogP contribution < -0.4 is 10.1 Å². The molecule has 0 radical (unpaired) electrons. The Morgan fingerprint density at radius 1 is 1.23 bits per heavy atom. The van der Waals surface area contributed by atoms with Gasteiger partial charge in [0.15, 0.2) is 0 Å². The SMILES string of the molecule is Cl.O=C1NC=COc2ccccc21. The number of carbonyl (C=O) groups is 1. The van der Waals surface area contributed by atoms with E-state index in [1.54, 1.807) is 18.2 Å². The van der Waals surface area contributed by atoms with Crippen molar-refractivity contribution in [2.75, 3.05) is 0 Å². The molecule has 1 heterocycles. The van der Waals surface area contributed by atoms with Gasteiger partial charge < -0.3 is 10.1 Å². The number of benzene rings is 1. The van der Waals surface area contributed by atoms with Crippen molar-refractivity contribution in [2.45, 2.75) is 0 Å². The molecule has 1 aromatic rings. The first-order chi connectivity index (χ1) is 5.88. The molecule has 4 heteroatoms. The maximum atomic E-state index is 11.3. The fourth-order valence-electron chi connectivity index (χ4n) is 1.05. The molecule has 0 fully saturated rings. The predicted molar refractivity (Wildman–Crippen MR) is 50.9 cm³/mol. The third-order valence-corrected chi connectivity index (χ3v) is 1.61. The van der Waals surface area contributed by atoms with Crippen LogP contribution in [-0.4, -0.2) is 5.91 Å². The Morgan fingerprint density at radius 3 is 2.85 bits per heavy atom. The maximum Gasteiger partial charge on any atom is 0.259 e. The van der Waals surface area contributed by atoms with Gasteiger partial charge >= 0.3 is 0 Å². The third-order valence-electron chi connectivity index (χ3n) is 1.61. The summed E-state index contributed by atoms with van der Waals surface area (Å²) in [5, 5.41) is 2.56. The van der Waals surface area contributed by atoms with Crippen LogP contribution in [0, 0.1) is 0 Å². The van der Waals surface area contributed by atoms with Gasteiger partial charge in [0, 0.05) is 6.20 Å². The lowest BCUT2D eigenvalue weighted by molar-refractivity contribution is 0.0970. The molecule has 0 spiro atoms. The minimum atomic E-state index is -0.139. The highest BCUT2D eigenvalue weighted by molar-refractivity contribution is 5.97. The summed E-state index contributed by atoms with van der Waals surface area (Å²) < 4.78 is 5.15. The van der Waals surface area contributed by atoms with Crippen molar-refractivity contribution < 1.29 is 9.53 Å². The summed E-state index contributed by atoms with van der Waals surface area (Å²) in [5.41, 5.74) is 0.558. The van der Waals surface area contributed by atoms with Crippen LogP contribution in [0.4, 0.5) is 0 Å². The van der Waals surface area contributed by atoms with E-state index in [1.165, 1.54) is 12.5 Å². The molecule has 1 aliphatic rings. The van der Waals surface area contributed by atoms with Crippen molar-refractivity contribution in [3.63, 3.8) is 0 Å². The van der Waals surface area contributed by atoms with Crippen molar-refractivity contribution in [1.82, 2.24) is 5.32 Å². The Balaban J connectivity index is 0.000000845. The van der Waals surface area contributed by atoms with Crippen LogP contribution in [0.3, 0.4) is 0 Å². The molecule has 1 N–H and O–H groups in total. The fraction of sp³-hybridized carbons (Fsp3) is 0. The molecule has 0 aliphatic carbocycles. The molecule has 0 saturated carbocycles. The highest BCUT2D eigenvalue weighted by atomic mass is 35.5. The van der Waals surface area contributed by atoms with E-state index in [9.17, 15) is 4.79 Å². The van der Waals surface area contributed by atoms with Gasteiger partial charge in [-0.05, 0) is 12.1 Å². The molecule has 0 saturated heterocycles. The molecule has 0 unspecified atom stereocenters. The largest absolute Gasteiger partial charge is 0.463 e. The van der Waals surface area contributed by atoms with Crippen molar-refractivity contribution in [1.29, 1.82) is 0 Å². The van der Waals surface area contributed by atoms with Gasteiger partial charge in [0.05, 0.1) is 5.56 Å². The molecule has 68 valence electrons. The average molecular weight is 198 g/mol. The summed E-state index contributed by atoms with van der Waals surface area (Å²) in [5.74, 6) is 0.447. The summed E-state index contributed by atoms with van der Waals surface area (Å²) in [7, 11) is 0. The van der Waals surface area contributed by atoms with Gasteiger partial charge in [0.2, 0.25) is 0 Å². The molecule has 3 nitrogen and oxygen atoms in total. The quantitative estimate of drug-likeness (QED) is 0.688. The number of ether oxygens (including phenoxy) is 1. The monoisotopic (exact) mass is 197 g/mol. The summed E-state index contributed by atoms with van der Waals surface area (Å²) >= 11 is 0. The summed E-state index contributed by atoms with van der Waals surface area (Å²) in [6.45, 7) is 0. The predicted octanol–water partition coefficient (Wildman–Crippen LogP) is 1.70. The van der Waals surface area contributed by atoms with E-state index in [0.717, 1.165) is 0 Å². The Hall–Kier alpha value is -1.48. The lowest BCUT2D eigenvalue weighted by Gasteiger charge is -2.01. The van der Waals surface area contributed by atoms with Crippen molar-refractivity contribution >= 4 is 18.3 Å². The molecular formula is C9H8ClNO2. The Labute approximate surface area is 81.8 Å².